The quantitative estimate of drug-likeness (QED) is 0.568. The number of nitrogens with one attached hydrogen (secondary N) is 1. The Hall–Kier alpha value is -3.63. The summed E-state index contributed by atoms with van der Waals surface area (Å²) < 4.78 is 17.3. The summed E-state index contributed by atoms with van der Waals surface area (Å²) in [4.78, 5) is 49.7. The van der Waals surface area contributed by atoms with Crippen LogP contribution < -0.4 is 14.8 Å². The van der Waals surface area contributed by atoms with Crippen molar-refractivity contribution in [2.45, 2.75) is 90.0 Å². The number of hydrogen-bond donors (Lipinski definition) is 2. The van der Waals surface area contributed by atoms with Crippen molar-refractivity contribution in [2.75, 3.05) is 13.7 Å². The van der Waals surface area contributed by atoms with E-state index in [-0.39, 0.29) is 19.1 Å². The largest absolute Gasteiger partial charge is 0.497 e. The first-order chi connectivity index (χ1) is 19.0. The topological polar surface area (TPSA) is 140 Å². The molecule has 5 rings (SSSR count). The lowest BCUT2D eigenvalue weighted by atomic mass is 9.85. The molecule has 1 aromatic heterocycles. The predicted octanol–water partition coefficient (Wildman–Crippen LogP) is 3.72. The summed E-state index contributed by atoms with van der Waals surface area (Å²) in [6.45, 7) is 5.52. The van der Waals surface area contributed by atoms with Gasteiger partial charge in [0.05, 0.1) is 24.7 Å². The first-order valence-electron chi connectivity index (χ1n) is 14.0. The van der Waals surface area contributed by atoms with Crippen LogP contribution in [0, 0.1) is 11.3 Å². The van der Waals surface area contributed by atoms with Gasteiger partial charge in [-0.25, -0.2) is 19.6 Å². The molecule has 11 nitrogen and oxygen atoms in total. The van der Waals surface area contributed by atoms with Gasteiger partial charge in [-0.05, 0) is 49.1 Å². The average Bonchev–Trinajstić information content (AvgIpc) is 3.48. The Bertz CT molecular complexity index is 1290. The number of fused-ring (bicyclic) bond motifs is 5. The second-order valence-corrected chi connectivity index (χ2v) is 12.1. The van der Waals surface area contributed by atoms with Crippen LogP contribution in [0.3, 0.4) is 0 Å². The van der Waals surface area contributed by atoms with Gasteiger partial charge in [0.1, 0.15) is 35.7 Å². The Balaban J connectivity index is 1.48. The number of carboxylic acids is 1. The van der Waals surface area contributed by atoms with Gasteiger partial charge in [0.2, 0.25) is 11.8 Å². The lowest BCUT2D eigenvalue weighted by molar-refractivity contribution is -0.150. The standard InChI is InChI=1S/C29H38N4O7/c1-29(2,3)24-26(34)33-15-18(14-22(33)27(35)36)39-25-20(30-19-11-10-17(38-4)13-21(19)31-25)9-7-5-6-8-16-12-23(16)40-28(37)32-24/h10-11,13,16,18,22-24H,5-9,12,14-15H2,1-4H3,(H,32,37)(H,35,36)/t16-,18-,22+,23-,24-/m1/s1. The minimum atomic E-state index is -1.13. The predicted molar refractivity (Wildman–Crippen MR) is 145 cm³/mol. The van der Waals surface area contributed by atoms with Crippen LogP contribution in [0.15, 0.2) is 18.2 Å². The average molecular weight is 555 g/mol. The summed E-state index contributed by atoms with van der Waals surface area (Å²) >= 11 is 0. The third kappa shape index (κ3) is 6.08. The van der Waals surface area contributed by atoms with Crippen LogP contribution in [-0.4, -0.2) is 75.9 Å². The van der Waals surface area contributed by atoms with Gasteiger partial charge < -0.3 is 29.5 Å². The first-order valence-corrected chi connectivity index (χ1v) is 14.0. The number of nitrogens with zero attached hydrogens (tertiary/aromatic N) is 3. The number of carbonyl (C=O) groups excluding carboxylic acids is 2. The van der Waals surface area contributed by atoms with Crippen LogP contribution in [-0.2, 0) is 20.7 Å². The molecule has 2 amide bonds. The summed E-state index contributed by atoms with van der Waals surface area (Å²) in [6.07, 6.45) is 3.97. The van der Waals surface area contributed by atoms with Crippen molar-refractivity contribution in [3.05, 3.63) is 23.9 Å². The fourth-order valence-electron chi connectivity index (χ4n) is 5.60. The number of hydrogen-bond acceptors (Lipinski definition) is 8. The Morgan fingerprint density at radius 1 is 1.10 bits per heavy atom. The number of aromatic nitrogens is 2. The van der Waals surface area contributed by atoms with Crippen LogP contribution >= 0.6 is 0 Å². The number of ether oxygens (including phenoxy) is 3. The highest BCUT2D eigenvalue weighted by Crippen LogP contribution is 2.39. The van der Waals surface area contributed by atoms with Gasteiger partial charge in [0.15, 0.2) is 0 Å². The van der Waals surface area contributed by atoms with E-state index in [1.807, 2.05) is 32.9 Å². The maximum atomic E-state index is 13.8. The molecule has 3 heterocycles. The van der Waals surface area contributed by atoms with E-state index in [1.54, 1.807) is 13.2 Å². The molecule has 1 aromatic carbocycles. The lowest BCUT2D eigenvalue weighted by Gasteiger charge is -2.34. The van der Waals surface area contributed by atoms with Crippen molar-refractivity contribution in [3.63, 3.8) is 0 Å². The Labute approximate surface area is 233 Å². The summed E-state index contributed by atoms with van der Waals surface area (Å²) in [5.74, 6) is -0.301. The number of rotatable bonds is 2. The molecule has 40 heavy (non-hydrogen) atoms. The molecule has 1 saturated carbocycles. The Morgan fingerprint density at radius 2 is 1.90 bits per heavy atom. The Kier molecular flexibility index (Phi) is 7.74. The van der Waals surface area contributed by atoms with E-state index >= 15 is 0 Å². The molecule has 2 aromatic rings. The zero-order valence-electron chi connectivity index (χ0n) is 23.5. The first kappa shape index (κ1) is 27.9. The highest BCUT2D eigenvalue weighted by Gasteiger charge is 2.47. The SMILES string of the molecule is COc1ccc2nc3c(nc2c1)O[C@@H]1C[C@@H](C(=O)O)N(C1)C(=O)[C@H](C(C)(C)C)NC(=O)O[C@@H]1C[C@H]1CCCCC3. The van der Waals surface area contributed by atoms with Crippen molar-refractivity contribution in [1.29, 1.82) is 0 Å². The smallest absolute Gasteiger partial charge is 0.408 e. The van der Waals surface area contributed by atoms with E-state index < -0.39 is 41.6 Å². The van der Waals surface area contributed by atoms with Gasteiger partial charge in [-0.1, -0.05) is 33.6 Å². The van der Waals surface area contributed by atoms with Gasteiger partial charge in [-0.3, -0.25) is 4.79 Å². The number of amides is 2. The molecule has 3 aliphatic rings. The molecule has 2 N–H and O–H groups in total. The van der Waals surface area contributed by atoms with E-state index in [2.05, 4.69) is 5.32 Å². The van der Waals surface area contributed by atoms with Crippen molar-refractivity contribution in [2.24, 2.45) is 11.3 Å². The summed E-state index contributed by atoms with van der Waals surface area (Å²) in [5.41, 5.74) is 1.36. The number of alkyl carbamates (subject to hydrolysis) is 1. The molecule has 1 saturated heterocycles. The van der Waals surface area contributed by atoms with Crippen LogP contribution in [0.2, 0.25) is 0 Å². The molecule has 2 fully saturated rings. The van der Waals surface area contributed by atoms with E-state index in [4.69, 9.17) is 24.2 Å². The molecule has 5 atom stereocenters. The van der Waals surface area contributed by atoms with Crippen molar-refractivity contribution in [1.82, 2.24) is 20.2 Å². The lowest BCUT2D eigenvalue weighted by Crippen LogP contribution is -2.57. The zero-order valence-corrected chi connectivity index (χ0v) is 23.5. The highest BCUT2D eigenvalue weighted by atomic mass is 16.6. The minimum absolute atomic E-state index is 0.0427. The van der Waals surface area contributed by atoms with Crippen molar-refractivity contribution in [3.8, 4) is 11.6 Å². The normalized spacial score (nSPS) is 27.8. The summed E-state index contributed by atoms with van der Waals surface area (Å²) in [5, 5.41) is 12.7. The molecule has 11 heteroatoms. The molecule has 0 unspecified atom stereocenters. The van der Waals surface area contributed by atoms with Crippen LogP contribution in [0.4, 0.5) is 4.79 Å². The van der Waals surface area contributed by atoms with E-state index in [0.717, 1.165) is 37.6 Å². The van der Waals surface area contributed by atoms with E-state index in [0.29, 0.717) is 35.2 Å². The molecule has 0 radical (unpaired) electrons. The molecule has 216 valence electrons. The molecule has 1 aliphatic carbocycles. The fourth-order valence-corrected chi connectivity index (χ4v) is 5.60. The fraction of sp³-hybridized carbons (Fsp3) is 0.621. The molecule has 0 spiro atoms. The summed E-state index contributed by atoms with van der Waals surface area (Å²) in [7, 11) is 1.58. The third-order valence-corrected chi connectivity index (χ3v) is 8.00. The number of carboxylic acid groups (broad SMARTS) is 1. The second-order valence-electron chi connectivity index (χ2n) is 12.1. The minimum Gasteiger partial charge on any atom is -0.497 e. The van der Waals surface area contributed by atoms with E-state index in [1.165, 1.54) is 4.90 Å². The second kappa shape index (κ2) is 11.1. The van der Waals surface area contributed by atoms with Gasteiger partial charge >= 0.3 is 12.1 Å². The van der Waals surface area contributed by atoms with Crippen molar-refractivity contribution >= 4 is 29.0 Å². The van der Waals surface area contributed by atoms with Gasteiger partial charge in [0.25, 0.3) is 0 Å². The molecule has 2 aliphatic heterocycles. The number of aliphatic carboxylic acids is 1. The van der Waals surface area contributed by atoms with Gasteiger partial charge in [-0.15, -0.1) is 0 Å². The van der Waals surface area contributed by atoms with E-state index in [9.17, 15) is 19.5 Å². The number of aryl methyl sites for hydroxylation is 1. The van der Waals surface area contributed by atoms with Crippen molar-refractivity contribution < 1.29 is 33.7 Å². The summed E-state index contributed by atoms with van der Waals surface area (Å²) in [6, 6.07) is 3.40. The Morgan fingerprint density at radius 3 is 2.62 bits per heavy atom. The maximum absolute atomic E-state index is 13.8. The molecular weight excluding hydrogens is 516 g/mol. The zero-order chi connectivity index (χ0) is 28.6. The molecule has 2 bridgehead atoms. The monoisotopic (exact) mass is 554 g/mol. The number of carbonyl (C=O) groups is 3. The highest BCUT2D eigenvalue weighted by molar-refractivity contribution is 5.90. The number of methoxy groups -OCH3 is 1. The van der Waals surface area contributed by atoms with Crippen LogP contribution in [0.5, 0.6) is 11.6 Å². The van der Waals surface area contributed by atoms with Gasteiger partial charge in [-0.2, -0.15) is 0 Å². The van der Waals surface area contributed by atoms with Crippen LogP contribution in [0.1, 0.15) is 65.0 Å². The third-order valence-electron chi connectivity index (χ3n) is 8.00. The van der Waals surface area contributed by atoms with Crippen LogP contribution in [0.25, 0.3) is 11.0 Å². The van der Waals surface area contributed by atoms with Gasteiger partial charge in [0, 0.05) is 12.5 Å². The number of benzene rings is 1. The maximum Gasteiger partial charge on any atom is 0.408 e. The molecular formula is C29H38N4O7.